The number of carbonyl (C=O) groups excluding carboxylic acids is 1. The average Bonchev–Trinajstić information content (AvgIpc) is 3.13. The van der Waals surface area contributed by atoms with Gasteiger partial charge >= 0.3 is 0 Å². The van der Waals surface area contributed by atoms with Crippen LogP contribution in [-0.2, 0) is 4.79 Å². The molecule has 3 aromatic rings. The van der Waals surface area contributed by atoms with Crippen LogP contribution in [-0.4, -0.2) is 56.7 Å². The molecule has 0 saturated carbocycles. The van der Waals surface area contributed by atoms with Crippen molar-refractivity contribution in [1.29, 1.82) is 0 Å². The van der Waals surface area contributed by atoms with Crippen LogP contribution in [0.15, 0.2) is 48.8 Å². The van der Waals surface area contributed by atoms with Crippen LogP contribution in [0.3, 0.4) is 0 Å². The topological polar surface area (TPSA) is 67.2 Å². The molecule has 1 aliphatic rings. The van der Waals surface area contributed by atoms with Crippen LogP contribution in [0.4, 0.5) is 5.82 Å². The van der Waals surface area contributed by atoms with E-state index in [2.05, 4.69) is 26.9 Å². The fourth-order valence-electron chi connectivity index (χ4n) is 4.10. The van der Waals surface area contributed by atoms with Crippen LogP contribution in [0.25, 0.3) is 5.82 Å². The number of benzene rings is 1. The molecule has 1 amide bonds. The third-order valence-electron chi connectivity index (χ3n) is 5.69. The first kappa shape index (κ1) is 20.1. The van der Waals surface area contributed by atoms with Gasteiger partial charge in [-0.2, -0.15) is 5.10 Å². The van der Waals surface area contributed by atoms with Crippen molar-refractivity contribution in [3.63, 3.8) is 0 Å². The van der Waals surface area contributed by atoms with Crippen molar-refractivity contribution in [1.82, 2.24) is 24.6 Å². The molecule has 7 heteroatoms. The maximum Gasteiger partial charge on any atom is 0.230 e. The van der Waals surface area contributed by atoms with Crippen molar-refractivity contribution in [3.05, 3.63) is 65.7 Å². The van der Waals surface area contributed by atoms with Crippen molar-refractivity contribution >= 4 is 11.7 Å². The lowest BCUT2D eigenvalue weighted by molar-refractivity contribution is -0.133. The zero-order chi connectivity index (χ0) is 21.1. The summed E-state index contributed by atoms with van der Waals surface area (Å²) in [5, 5.41) is 4.51. The average molecular weight is 405 g/mol. The van der Waals surface area contributed by atoms with Gasteiger partial charge in [0.15, 0.2) is 5.82 Å². The first-order chi connectivity index (χ1) is 14.6. The van der Waals surface area contributed by atoms with E-state index < -0.39 is 0 Å². The Labute approximate surface area is 177 Å². The molecule has 0 bridgehead atoms. The van der Waals surface area contributed by atoms with E-state index in [0.29, 0.717) is 13.1 Å². The number of nitrogens with zero attached hydrogens (tertiary/aromatic N) is 6. The van der Waals surface area contributed by atoms with Crippen LogP contribution in [0, 0.1) is 13.8 Å². The summed E-state index contributed by atoms with van der Waals surface area (Å²) in [6, 6.07) is 14.1. The summed E-state index contributed by atoms with van der Waals surface area (Å²) in [4.78, 5) is 26.2. The maximum absolute atomic E-state index is 13.1. The number of aromatic nitrogens is 4. The fraction of sp³-hybridized carbons (Fsp3) is 0.391. The molecule has 1 atom stereocenters. The predicted octanol–water partition coefficient (Wildman–Crippen LogP) is 3.12. The van der Waals surface area contributed by atoms with E-state index in [1.165, 1.54) is 0 Å². The number of hydrogen-bond donors (Lipinski definition) is 0. The van der Waals surface area contributed by atoms with E-state index in [4.69, 9.17) is 0 Å². The third kappa shape index (κ3) is 4.06. The van der Waals surface area contributed by atoms with Crippen LogP contribution in [0.1, 0.15) is 36.2 Å². The SMILES string of the molecule is CCC(C(=O)N1CCN(c2cc(-n3nc(C)cc3C)ncn2)CC1)c1ccccc1. The van der Waals surface area contributed by atoms with Crippen LogP contribution in [0.2, 0.25) is 0 Å². The van der Waals surface area contributed by atoms with E-state index in [0.717, 1.165) is 48.1 Å². The lowest BCUT2D eigenvalue weighted by Gasteiger charge is -2.37. The molecule has 156 valence electrons. The zero-order valence-electron chi connectivity index (χ0n) is 17.8. The van der Waals surface area contributed by atoms with Gasteiger partial charge < -0.3 is 9.80 Å². The Bertz CT molecular complexity index is 1010. The smallest absolute Gasteiger partial charge is 0.230 e. The molecule has 0 radical (unpaired) electrons. The molecule has 4 rings (SSSR count). The molecule has 0 spiro atoms. The number of anilines is 1. The normalized spacial score (nSPS) is 15.3. The minimum Gasteiger partial charge on any atom is -0.353 e. The van der Waals surface area contributed by atoms with E-state index in [-0.39, 0.29) is 11.8 Å². The molecule has 0 N–H and O–H groups in total. The Balaban J connectivity index is 1.44. The van der Waals surface area contributed by atoms with Crippen LogP contribution >= 0.6 is 0 Å². The van der Waals surface area contributed by atoms with Crippen LogP contribution < -0.4 is 4.90 Å². The molecule has 1 aromatic carbocycles. The number of hydrogen-bond acceptors (Lipinski definition) is 5. The highest BCUT2D eigenvalue weighted by Crippen LogP contribution is 2.24. The quantitative estimate of drug-likeness (QED) is 0.654. The summed E-state index contributed by atoms with van der Waals surface area (Å²) in [5.41, 5.74) is 3.10. The number of carbonyl (C=O) groups is 1. The van der Waals surface area contributed by atoms with E-state index in [9.17, 15) is 4.79 Å². The summed E-state index contributed by atoms with van der Waals surface area (Å²) < 4.78 is 1.84. The highest BCUT2D eigenvalue weighted by molar-refractivity contribution is 5.84. The van der Waals surface area contributed by atoms with E-state index >= 15 is 0 Å². The molecule has 3 heterocycles. The molecular formula is C23H28N6O. The summed E-state index contributed by atoms with van der Waals surface area (Å²) in [6.07, 6.45) is 2.39. The van der Waals surface area contributed by atoms with Gasteiger partial charge in [0.1, 0.15) is 12.1 Å². The Morgan fingerprint density at radius 3 is 2.33 bits per heavy atom. The van der Waals surface area contributed by atoms with Gasteiger partial charge in [-0.1, -0.05) is 37.3 Å². The van der Waals surface area contributed by atoms with Crippen LogP contribution in [0.5, 0.6) is 0 Å². The van der Waals surface area contributed by atoms with Gasteiger partial charge in [0.05, 0.1) is 11.6 Å². The molecular weight excluding hydrogens is 376 g/mol. The fourth-order valence-corrected chi connectivity index (χ4v) is 4.10. The van der Waals surface area contributed by atoms with Crippen molar-refractivity contribution in [3.8, 4) is 5.82 Å². The van der Waals surface area contributed by atoms with Gasteiger partial charge in [0.25, 0.3) is 0 Å². The maximum atomic E-state index is 13.1. The summed E-state index contributed by atoms with van der Waals surface area (Å²) in [6.45, 7) is 8.97. The largest absolute Gasteiger partial charge is 0.353 e. The second-order valence-corrected chi connectivity index (χ2v) is 7.76. The first-order valence-electron chi connectivity index (χ1n) is 10.5. The highest BCUT2D eigenvalue weighted by atomic mass is 16.2. The Hall–Kier alpha value is -3.22. The standard InChI is InChI=1S/C23H28N6O/c1-4-20(19-8-6-5-7-9-19)23(30)28-12-10-27(11-13-28)21-15-22(25-16-24-21)29-18(3)14-17(2)26-29/h5-9,14-16,20H,4,10-13H2,1-3H3. The second kappa shape index (κ2) is 8.65. The van der Waals surface area contributed by atoms with E-state index in [1.54, 1.807) is 6.33 Å². The molecule has 7 nitrogen and oxygen atoms in total. The summed E-state index contributed by atoms with van der Waals surface area (Å²) in [5.74, 6) is 1.78. The minimum absolute atomic E-state index is 0.0746. The van der Waals surface area contributed by atoms with Crippen molar-refractivity contribution in [2.75, 3.05) is 31.1 Å². The molecule has 1 aliphatic heterocycles. The van der Waals surface area contributed by atoms with Gasteiger partial charge in [-0.3, -0.25) is 4.79 Å². The molecule has 0 aliphatic carbocycles. The molecule has 1 saturated heterocycles. The van der Waals surface area contributed by atoms with Gasteiger partial charge in [-0.05, 0) is 31.9 Å². The minimum atomic E-state index is -0.0746. The lowest BCUT2D eigenvalue weighted by atomic mass is 9.95. The van der Waals surface area contributed by atoms with Crippen molar-refractivity contribution in [2.45, 2.75) is 33.1 Å². The predicted molar refractivity (Wildman–Crippen MR) is 117 cm³/mol. The number of rotatable bonds is 5. The molecule has 30 heavy (non-hydrogen) atoms. The molecule has 1 fully saturated rings. The highest BCUT2D eigenvalue weighted by Gasteiger charge is 2.28. The van der Waals surface area contributed by atoms with Gasteiger partial charge in [0, 0.05) is 37.9 Å². The molecule has 1 unspecified atom stereocenters. The Morgan fingerprint density at radius 1 is 1.00 bits per heavy atom. The monoisotopic (exact) mass is 404 g/mol. The van der Waals surface area contributed by atoms with Crippen molar-refractivity contribution < 1.29 is 4.79 Å². The number of amides is 1. The number of aryl methyl sites for hydroxylation is 2. The summed E-state index contributed by atoms with van der Waals surface area (Å²) in [7, 11) is 0. The van der Waals surface area contributed by atoms with E-state index in [1.807, 2.05) is 65.9 Å². The second-order valence-electron chi connectivity index (χ2n) is 7.76. The third-order valence-corrected chi connectivity index (χ3v) is 5.69. The lowest BCUT2D eigenvalue weighted by Crippen LogP contribution is -2.50. The van der Waals surface area contributed by atoms with Gasteiger partial charge in [-0.25, -0.2) is 14.6 Å². The first-order valence-corrected chi connectivity index (χ1v) is 10.5. The Morgan fingerprint density at radius 2 is 1.70 bits per heavy atom. The van der Waals surface area contributed by atoms with Gasteiger partial charge in [-0.15, -0.1) is 0 Å². The summed E-state index contributed by atoms with van der Waals surface area (Å²) >= 11 is 0. The Kier molecular flexibility index (Phi) is 5.79. The number of piperazine rings is 1. The van der Waals surface area contributed by atoms with Crippen molar-refractivity contribution in [2.24, 2.45) is 0 Å². The van der Waals surface area contributed by atoms with Gasteiger partial charge in [0.2, 0.25) is 5.91 Å². The molecule has 2 aromatic heterocycles. The zero-order valence-corrected chi connectivity index (χ0v) is 17.8.